The van der Waals surface area contributed by atoms with E-state index < -0.39 is 11.9 Å². The van der Waals surface area contributed by atoms with E-state index in [1.807, 2.05) is 25.1 Å². The minimum absolute atomic E-state index is 0.513. The average molecular weight is 432 g/mol. The molecule has 0 unspecified atom stereocenters. The summed E-state index contributed by atoms with van der Waals surface area (Å²) in [7, 11) is 0. The molecule has 3 heterocycles. The van der Waals surface area contributed by atoms with Gasteiger partial charge in [-0.15, -0.1) is 0 Å². The Balaban J connectivity index is 0.000000312. The first-order chi connectivity index (χ1) is 15.4. The smallest absolute Gasteiger partial charge is 0.328 e. The Kier molecular flexibility index (Phi) is 7.26. The van der Waals surface area contributed by atoms with Crippen LogP contribution < -0.4 is 4.74 Å². The summed E-state index contributed by atoms with van der Waals surface area (Å²) in [6.45, 7) is 2.51. The van der Waals surface area contributed by atoms with Gasteiger partial charge in [-0.25, -0.2) is 14.6 Å². The molecule has 3 aromatic heterocycles. The monoisotopic (exact) mass is 432 g/mol. The maximum Gasteiger partial charge on any atom is 0.328 e. The topological polar surface area (TPSA) is 127 Å². The van der Waals surface area contributed by atoms with E-state index in [1.165, 1.54) is 0 Å². The summed E-state index contributed by atoms with van der Waals surface area (Å²) < 4.78 is 7.85. The summed E-state index contributed by atoms with van der Waals surface area (Å²) in [5, 5.41) is 15.6. The largest absolute Gasteiger partial charge is 0.487 e. The van der Waals surface area contributed by atoms with Crippen LogP contribution in [-0.4, -0.2) is 41.7 Å². The van der Waals surface area contributed by atoms with Crippen LogP contribution in [0.25, 0.3) is 16.7 Å². The highest BCUT2D eigenvalue weighted by Crippen LogP contribution is 2.21. The molecule has 0 aliphatic heterocycles. The van der Waals surface area contributed by atoms with Crippen LogP contribution in [0.15, 0.2) is 79.4 Å². The highest BCUT2D eigenvalue weighted by atomic mass is 16.5. The lowest BCUT2D eigenvalue weighted by atomic mass is 10.2. The van der Waals surface area contributed by atoms with Gasteiger partial charge in [0.1, 0.15) is 23.7 Å². The first-order valence-corrected chi connectivity index (χ1v) is 9.49. The molecule has 32 heavy (non-hydrogen) atoms. The van der Waals surface area contributed by atoms with Crippen LogP contribution >= 0.6 is 0 Å². The molecule has 9 nitrogen and oxygen atoms in total. The molecule has 0 bridgehead atoms. The summed E-state index contributed by atoms with van der Waals surface area (Å²) in [5.74, 6) is -0.803. The summed E-state index contributed by atoms with van der Waals surface area (Å²) in [4.78, 5) is 31.8. The first kappa shape index (κ1) is 22.2. The van der Waals surface area contributed by atoms with E-state index in [4.69, 9.17) is 14.9 Å². The number of imidazole rings is 1. The maximum absolute atomic E-state index is 9.55. The van der Waals surface area contributed by atoms with Crippen molar-refractivity contribution in [3.8, 4) is 11.4 Å². The van der Waals surface area contributed by atoms with Crippen LogP contribution in [0, 0.1) is 6.92 Å². The highest BCUT2D eigenvalue weighted by molar-refractivity contribution is 5.89. The number of ether oxygens (including phenoxy) is 1. The number of benzene rings is 1. The van der Waals surface area contributed by atoms with E-state index in [0.29, 0.717) is 18.8 Å². The molecule has 1 aromatic carbocycles. The second-order valence-corrected chi connectivity index (χ2v) is 6.51. The van der Waals surface area contributed by atoms with Crippen LogP contribution in [-0.2, 0) is 16.2 Å². The Morgan fingerprint density at radius 3 is 2.28 bits per heavy atom. The van der Waals surface area contributed by atoms with Crippen LogP contribution in [0.3, 0.4) is 0 Å². The van der Waals surface area contributed by atoms with Gasteiger partial charge in [0.15, 0.2) is 0 Å². The molecule has 0 saturated heterocycles. The second kappa shape index (κ2) is 10.5. The van der Waals surface area contributed by atoms with Crippen LogP contribution in [0.1, 0.15) is 11.4 Å². The SMILES string of the molecule is Cc1nc2cnccc2n1-c1ccc(COc2cccnc2)cc1.O=C(O)C=CC(=O)O. The van der Waals surface area contributed by atoms with E-state index in [-0.39, 0.29) is 0 Å². The number of hydrogen-bond donors (Lipinski definition) is 2. The van der Waals surface area contributed by atoms with Crippen molar-refractivity contribution in [2.75, 3.05) is 0 Å². The van der Waals surface area contributed by atoms with Crippen LogP contribution in [0.5, 0.6) is 5.75 Å². The van der Waals surface area contributed by atoms with Crippen LogP contribution in [0.4, 0.5) is 0 Å². The fourth-order valence-corrected chi connectivity index (χ4v) is 2.86. The molecule has 4 aromatic rings. The van der Waals surface area contributed by atoms with Gasteiger partial charge in [0.05, 0.1) is 17.9 Å². The lowest BCUT2D eigenvalue weighted by Gasteiger charge is -2.09. The standard InChI is InChI=1S/C19H16N4O.C4H4O4/c1-14-22-18-12-21-10-8-19(18)23(14)16-6-4-15(5-7-16)13-24-17-3-2-9-20-11-17;5-3(6)1-2-4(7)8/h2-12H,13H2,1H3;1-2H,(H,5,6)(H,7,8). The molecule has 0 saturated carbocycles. The zero-order chi connectivity index (χ0) is 22.9. The molecule has 0 atom stereocenters. The summed E-state index contributed by atoms with van der Waals surface area (Å²) in [6.07, 6.45) is 8.13. The average Bonchev–Trinajstić information content (AvgIpc) is 3.13. The maximum atomic E-state index is 9.55. The molecule has 0 spiro atoms. The third-order valence-electron chi connectivity index (χ3n) is 4.23. The Morgan fingerprint density at radius 1 is 0.969 bits per heavy atom. The van der Waals surface area contributed by atoms with E-state index in [2.05, 4.69) is 43.8 Å². The highest BCUT2D eigenvalue weighted by Gasteiger charge is 2.09. The van der Waals surface area contributed by atoms with Crippen molar-refractivity contribution in [2.45, 2.75) is 13.5 Å². The normalized spacial score (nSPS) is 10.5. The molecule has 0 radical (unpaired) electrons. The van der Waals surface area contributed by atoms with E-state index in [0.717, 1.165) is 33.9 Å². The summed E-state index contributed by atoms with van der Waals surface area (Å²) in [6, 6.07) is 14.0. The van der Waals surface area contributed by atoms with Gasteiger partial charge in [-0.1, -0.05) is 12.1 Å². The number of aliphatic carboxylic acids is 2. The minimum Gasteiger partial charge on any atom is -0.487 e. The van der Waals surface area contributed by atoms with Gasteiger partial charge in [0.25, 0.3) is 0 Å². The van der Waals surface area contributed by atoms with E-state index in [1.54, 1.807) is 24.8 Å². The number of carboxylic acids is 2. The van der Waals surface area contributed by atoms with Gasteiger partial charge < -0.3 is 14.9 Å². The van der Waals surface area contributed by atoms with Gasteiger partial charge in [0.2, 0.25) is 0 Å². The third-order valence-corrected chi connectivity index (χ3v) is 4.23. The number of hydrogen-bond acceptors (Lipinski definition) is 6. The third kappa shape index (κ3) is 5.99. The van der Waals surface area contributed by atoms with E-state index in [9.17, 15) is 9.59 Å². The molecule has 0 amide bonds. The number of pyridine rings is 2. The second-order valence-electron chi connectivity index (χ2n) is 6.51. The van der Waals surface area contributed by atoms with Crippen molar-refractivity contribution >= 4 is 23.0 Å². The Labute approximate surface area is 183 Å². The van der Waals surface area contributed by atoms with Crippen molar-refractivity contribution in [3.05, 3.63) is 90.8 Å². The fourth-order valence-electron chi connectivity index (χ4n) is 2.86. The minimum atomic E-state index is -1.26. The van der Waals surface area contributed by atoms with Crippen molar-refractivity contribution in [3.63, 3.8) is 0 Å². The number of rotatable bonds is 6. The van der Waals surface area contributed by atoms with Gasteiger partial charge in [-0.2, -0.15) is 0 Å². The predicted octanol–water partition coefficient (Wildman–Crippen LogP) is 3.41. The molecule has 162 valence electrons. The number of fused-ring (bicyclic) bond motifs is 1. The number of aromatic nitrogens is 4. The number of carbonyl (C=O) groups is 2. The Bertz CT molecular complexity index is 1220. The van der Waals surface area contributed by atoms with Crippen molar-refractivity contribution in [2.24, 2.45) is 0 Å². The van der Waals surface area contributed by atoms with Crippen molar-refractivity contribution in [1.82, 2.24) is 19.5 Å². The molecular formula is C23H20N4O5. The lowest BCUT2D eigenvalue weighted by Crippen LogP contribution is -1.99. The van der Waals surface area contributed by atoms with Crippen molar-refractivity contribution < 1.29 is 24.5 Å². The van der Waals surface area contributed by atoms with Gasteiger partial charge in [0, 0.05) is 30.2 Å². The molecule has 0 fully saturated rings. The molecule has 2 N–H and O–H groups in total. The number of aryl methyl sites for hydroxylation is 1. The number of carboxylic acid groups (broad SMARTS) is 2. The lowest BCUT2D eigenvalue weighted by molar-refractivity contribution is -0.134. The van der Waals surface area contributed by atoms with Crippen molar-refractivity contribution in [1.29, 1.82) is 0 Å². The molecule has 0 aliphatic carbocycles. The van der Waals surface area contributed by atoms with Crippen LogP contribution in [0.2, 0.25) is 0 Å². The quantitative estimate of drug-likeness (QED) is 0.444. The summed E-state index contributed by atoms with van der Waals surface area (Å²) >= 11 is 0. The number of nitrogens with zero attached hydrogens (tertiary/aromatic N) is 4. The summed E-state index contributed by atoms with van der Waals surface area (Å²) in [5.41, 5.74) is 4.14. The molecule has 0 aliphatic rings. The fraction of sp³-hybridized carbons (Fsp3) is 0.0870. The zero-order valence-corrected chi connectivity index (χ0v) is 17.1. The molecule has 9 heteroatoms. The van der Waals surface area contributed by atoms with Gasteiger partial charge in [-0.05, 0) is 42.8 Å². The predicted molar refractivity (Wildman–Crippen MR) is 117 cm³/mol. The molecular weight excluding hydrogens is 412 g/mol. The van der Waals surface area contributed by atoms with Gasteiger partial charge >= 0.3 is 11.9 Å². The van der Waals surface area contributed by atoms with Gasteiger partial charge in [-0.3, -0.25) is 14.5 Å². The van der Waals surface area contributed by atoms with E-state index >= 15 is 0 Å². The Morgan fingerprint density at radius 2 is 1.66 bits per heavy atom. The Hall–Kier alpha value is -4.53. The first-order valence-electron chi connectivity index (χ1n) is 9.49. The zero-order valence-electron chi connectivity index (χ0n) is 17.1. The molecule has 4 rings (SSSR count).